The molecule has 4 saturated carbocycles. The Labute approximate surface area is 354 Å². The van der Waals surface area contributed by atoms with Crippen LogP contribution in [-0.2, 0) is 24.2 Å². The Morgan fingerprint density at radius 3 is 2.52 bits per heavy atom. The lowest BCUT2D eigenvalue weighted by atomic mass is 9.39. The molecule has 1 amide bonds. The first-order chi connectivity index (χ1) is 28.8. The van der Waals surface area contributed by atoms with Crippen molar-refractivity contribution in [3.8, 4) is 11.1 Å². The van der Waals surface area contributed by atoms with E-state index in [9.17, 15) is 19.8 Å². The lowest BCUT2D eigenvalue weighted by Gasteiger charge is -2.69. The first-order valence-corrected chi connectivity index (χ1v) is 22.0. The van der Waals surface area contributed by atoms with Crippen molar-refractivity contribution in [1.29, 1.82) is 0 Å². The van der Waals surface area contributed by atoms with Gasteiger partial charge in [-0.3, -0.25) is 14.8 Å². The van der Waals surface area contributed by atoms with E-state index in [1.165, 1.54) is 17.8 Å². The number of carbonyl (C=O) groups excluding carboxylic acids is 1. The van der Waals surface area contributed by atoms with Gasteiger partial charge in [0.2, 0.25) is 0 Å². The molecule has 5 aliphatic rings. The highest BCUT2D eigenvalue weighted by atomic mass is 32.1. The monoisotopic (exact) mass is 833 g/mol. The Hall–Kier alpha value is -4.73. The number of ether oxygens (including phenoxy) is 1. The van der Waals surface area contributed by atoms with Crippen LogP contribution in [0.25, 0.3) is 21.3 Å². The molecule has 60 heavy (non-hydrogen) atoms. The number of carbonyl (C=O) groups is 2. The SMILES string of the molecule is Cc1c(-c2ccc(N3CCc4cccc(C(=O)Nc5nc6ccccc6s5)c4C3)nc2C(=O)O)cnn1CC12CC3(C)CC(C)(C1)CC(OCCNCC[C@H](O)CO)(C3)C2. The van der Waals surface area contributed by atoms with Crippen LogP contribution >= 0.6 is 11.3 Å². The molecule has 14 heteroatoms. The number of nitrogens with zero attached hydrogens (tertiary/aromatic N) is 5. The summed E-state index contributed by atoms with van der Waals surface area (Å²) in [5.41, 5.74) is 5.69. The highest BCUT2D eigenvalue weighted by Crippen LogP contribution is 2.72. The number of nitrogens with one attached hydrogen (secondary N) is 2. The number of carboxylic acid groups (broad SMARTS) is 1. The number of amides is 1. The highest BCUT2D eigenvalue weighted by molar-refractivity contribution is 7.22. The summed E-state index contributed by atoms with van der Waals surface area (Å²) in [6.45, 7) is 10.4. The lowest BCUT2D eigenvalue weighted by Crippen LogP contribution is -2.64. The van der Waals surface area contributed by atoms with E-state index in [1.807, 2.05) is 66.4 Å². The molecule has 0 saturated heterocycles. The maximum atomic E-state index is 13.6. The number of rotatable bonds is 15. The van der Waals surface area contributed by atoms with Crippen molar-refractivity contribution in [3.05, 3.63) is 88.9 Å². The number of hydrogen-bond acceptors (Lipinski definition) is 11. The van der Waals surface area contributed by atoms with Crippen molar-refractivity contribution in [2.75, 3.05) is 43.1 Å². The fourth-order valence-corrected chi connectivity index (χ4v) is 13.1. The van der Waals surface area contributed by atoms with Gasteiger partial charge in [-0.15, -0.1) is 0 Å². The molecule has 3 aromatic heterocycles. The Morgan fingerprint density at radius 2 is 1.75 bits per heavy atom. The summed E-state index contributed by atoms with van der Waals surface area (Å²) in [5, 5.41) is 41.2. The molecule has 4 fully saturated rings. The predicted octanol–water partition coefficient (Wildman–Crippen LogP) is 6.85. The van der Waals surface area contributed by atoms with Gasteiger partial charge in [-0.1, -0.05) is 49.4 Å². The predicted molar refractivity (Wildman–Crippen MR) is 232 cm³/mol. The van der Waals surface area contributed by atoms with Crippen LogP contribution in [0.3, 0.4) is 0 Å². The van der Waals surface area contributed by atoms with E-state index in [0.717, 1.165) is 71.2 Å². The number of hydrogen-bond donors (Lipinski definition) is 5. The van der Waals surface area contributed by atoms with Crippen molar-refractivity contribution in [1.82, 2.24) is 25.1 Å². The average Bonchev–Trinajstić information content (AvgIpc) is 3.78. The van der Waals surface area contributed by atoms with Gasteiger partial charge in [-0.05, 0) is 123 Å². The normalized spacial score (nSPS) is 26.1. The molecule has 2 unspecified atom stereocenters. The summed E-state index contributed by atoms with van der Waals surface area (Å²) in [5.74, 6) is -0.783. The van der Waals surface area contributed by atoms with Crippen molar-refractivity contribution in [3.63, 3.8) is 0 Å². The number of aliphatic hydroxyl groups excluding tert-OH is 2. The van der Waals surface area contributed by atoms with E-state index in [0.29, 0.717) is 67.7 Å². The van der Waals surface area contributed by atoms with Gasteiger partial charge in [0.1, 0.15) is 5.82 Å². The van der Waals surface area contributed by atoms with Crippen LogP contribution in [0.15, 0.2) is 60.8 Å². The van der Waals surface area contributed by atoms with Crippen LogP contribution in [0.2, 0.25) is 0 Å². The fraction of sp³-hybridized carbons (Fsp3) is 0.500. The van der Waals surface area contributed by atoms with E-state index < -0.39 is 12.1 Å². The Bertz CT molecular complexity index is 2400. The molecule has 316 valence electrons. The summed E-state index contributed by atoms with van der Waals surface area (Å²) >= 11 is 1.44. The third-order valence-electron chi connectivity index (χ3n) is 13.5. The first-order valence-electron chi connectivity index (χ1n) is 21.2. The minimum absolute atomic E-state index is 0.00258. The van der Waals surface area contributed by atoms with Crippen LogP contribution in [0.1, 0.15) is 96.5 Å². The summed E-state index contributed by atoms with van der Waals surface area (Å²) in [6.07, 6.45) is 8.74. The molecule has 3 atom stereocenters. The standard InChI is InChI=1S/C46H55N7O6S/c1-29-34(19-48-53(29)28-45-23-43(2)22-44(3,24-45)26-46(25-43,27-45)59-18-16-47-15-13-31(55)21-54)32-11-12-38(50-39(32)41(57)58)52-17-14-30-7-6-8-33(35(30)20-52)40(56)51-42-49-36-9-4-5-10-37(36)60-42/h4-12,19,31,47,54-55H,13-18,20-28H2,1-3H3,(H,57,58)(H,49,51,56)/t31-,43?,44?,45?,46?/m0/s1. The van der Waals surface area contributed by atoms with E-state index in [1.54, 1.807) is 6.20 Å². The Morgan fingerprint density at radius 1 is 0.950 bits per heavy atom. The molecule has 4 bridgehead atoms. The van der Waals surface area contributed by atoms with Gasteiger partial charge in [-0.25, -0.2) is 14.8 Å². The molecular formula is C46H55N7O6S. The summed E-state index contributed by atoms with van der Waals surface area (Å²) < 4.78 is 9.93. The zero-order valence-electron chi connectivity index (χ0n) is 34.7. The van der Waals surface area contributed by atoms with Crippen LogP contribution in [0, 0.1) is 23.2 Å². The summed E-state index contributed by atoms with van der Waals surface area (Å²) in [6, 6.07) is 17.3. The maximum Gasteiger partial charge on any atom is 0.355 e. The van der Waals surface area contributed by atoms with Crippen molar-refractivity contribution < 1.29 is 29.6 Å². The second-order valence-electron chi connectivity index (χ2n) is 18.8. The quantitative estimate of drug-likeness (QED) is 0.0699. The first kappa shape index (κ1) is 40.7. The second kappa shape index (κ2) is 15.6. The lowest BCUT2D eigenvalue weighted by molar-refractivity contribution is -0.247. The second-order valence-corrected chi connectivity index (χ2v) is 19.8. The van der Waals surface area contributed by atoms with Crippen LogP contribution in [0.5, 0.6) is 0 Å². The molecule has 1 aliphatic heterocycles. The third kappa shape index (κ3) is 7.84. The number of fused-ring (bicyclic) bond motifs is 2. The number of aromatic carboxylic acids is 1. The number of benzene rings is 2. The van der Waals surface area contributed by atoms with Crippen molar-refractivity contribution >= 4 is 44.4 Å². The van der Waals surface area contributed by atoms with E-state index in [4.69, 9.17) is 19.9 Å². The Kier molecular flexibility index (Phi) is 10.6. The van der Waals surface area contributed by atoms with Crippen LogP contribution in [0.4, 0.5) is 10.9 Å². The summed E-state index contributed by atoms with van der Waals surface area (Å²) in [4.78, 5) is 38.0. The van der Waals surface area contributed by atoms with E-state index >= 15 is 0 Å². The Balaban J connectivity index is 0.920. The average molecular weight is 834 g/mol. The molecule has 4 heterocycles. The van der Waals surface area contributed by atoms with Crippen LogP contribution < -0.4 is 15.5 Å². The van der Waals surface area contributed by atoms with Gasteiger partial charge in [-0.2, -0.15) is 5.10 Å². The smallest absolute Gasteiger partial charge is 0.355 e. The molecule has 5 N–H and O–H groups in total. The number of pyridine rings is 1. The number of thiazole rings is 1. The number of aromatic nitrogens is 4. The molecule has 4 aliphatic carbocycles. The van der Waals surface area contributed by atoms with Crippen molar-refractivity contribution in [2.24, 2.45) is 16.2 Å². The number of carboxylic acids is 1. The fourth-order valence-electron chi connectivity index (χ4n) is 12.2. The minimum atomic E-state index is -1.10. The van der Waals surface area contributed by atoms with Gasteiger partial charge in [0.15, 0.2) is 10.8 Å². The van der Waals surface area contributed by atoms with Gasteiger partial charge in [0.25, 0.3) is 5.91 Å². The molecule has 2 aromatic carbocycles. The zero-order valence-corrected chi connectivity index (χ0v) is 35.5. The molecule has 0 spiro atoms. The molecule has 5 aromatic rings. The molecular weight excluding hydrogens is 779 g/mol. The van der Waals surface area contributed by atoms with E-state index in [2.05, 4.69) is 34.1 Å². The van der Waals surface area contributed by atoms with E-state index in [-0.39, 0.29) is 40.1 Å². The van der Waals surface area contributed by atoms with Gasteiger partial charge in [0.05, 0.1) is 41.3 Å². The topological polar surface area (TPSA) is 175 Å². The van der Waals surface area contributed by atoms with Gasteiger partial charge >= 0.3 is 5.97 Å². The largest absolute Gasteiger partial charge is 0.476 e. The summed E-state index contributed by atoms with van der Waals surface area (Å²) in [7, 11) is 0. The molecule has 13 nitrogen and oxygen atoms in total. The maximum absolute atomic E-state index is 13.6. The van der Waals surface area contributed by atoms with Crippen LogP contribution in [-0.4, -0.2) is 91.5 Å². The molecule has 0 radical (unpaired) electrons. The van der Waals surface area contributed by atoms with Gasteiger partial charge in [0, 0.05) is 48.6 Å². The number of para-hydroxylation sites is 1. The highest BCUT2D eigenvalue weighted by Gasteiger charge is 2.66. The van der Waals surface area contributed by atoms with Gasteiger partial charge < -0.3 is 30.3 Å². The zero-order chi connectivity index (χ0) is 41.9. The minimum Gasteiger partial charge on any atom is -0.476 e. The number of aliphatic hydroxyl groups is 2. The molecule has 10 rings (SSSR count). The van der Waals surface area contributed by atoms with Crippen molar-refractivity contribution in [2.45, 2.75) is 96.9 Å². The number of anilines is 2. The third-order valence-corrected chi connectivity index (χ3v) is 14.5.